The molecule has 1 aromatic carbocycles. The minimum Gasteiger partial charge on any atom is -0.376 e. The number of fused-ring (bicyclic) bond motifs is 1. The van der Waals surface area contributed by atoms with Gasteiger partial charge < -0.3 is 15.4 Å². The lowest BCUT2D eigenvalue weighted by atomic mass is 9.73. The topological polar surface area (TPSA) is 68.7 Å². The van der Waals surface area contributed by atoms with Crippen LogP contribution in [0.4, 0.5) is 5.95 Å². The minimum absolute atomic E-state index is 0. The number of piperidine rings is 1. The van der Waals surface area contributed by atoms with Gasteiger partial charge in [0.15, 0.2) is 5.65 Å². The van der Waals surface area contributed by atoms with Gasteiger partial charge in [0.2, 0.25) is 5.95 Å². The van der Waals surface area contributed by atoms with Gasteiger partial charge in [0.25, 0.3) is 0 Å². The van der Waals surface area contributed by atoms with Gasteiger partial charge in [-0.05, 0) is 31.9 Å². The van der Waals surface area contributed by atoms with Crippen LogP contribution >= 0.6 is 62.0 Å². The van der Waals surface area contributed by atoms with Crippen LogP contribution in [0.15, 0.2) is 46.6 Å². The van der Waals surface area contributed by atoms with Gasteiger partial charge >= 0.3 is 0 Å². The molecule has 0 unspecified atom stereocenters. The summed E-state index contributed by atoms with van der Waals surface area (Å²) in [7, 11) is 0. The number of aromatic nitrogens is 3. The van der Waals surface area contributed by atoms with E-state index in [0.29, 0.717) is 10.0 Å². The predicted molar refractivity (Wildman–Crippen MR) is 142 cm³/mol. The zero-order valence-electron chi connectivity index (χ0n) is 17.6. The fraction of sp³-hybridized carbons (Fsp3) is 0.429. The smallest absolute Gasteiger partial charge is 0.211 e. The Morgan fingerprint density at radius 1 is 1.16 bits per heavy atom. The molecule has 0 amide bonds. The number of hydrogen-bond acceptors (Lipinski definition) is 6. The molecule has 0 aliphatic carbocycles. The zero-order valence-corrected chi connectivity index (χ0v) is 21.9. The maximum Gasteiger partial charge on any atom is 0.211 e. The molecule has 4 heterocycles. The molecule has 32 heavy (non-hydrogen) atoms. The van der Waals surface area contributed by atoms with Crippen LogP contribution in [0, 0.1) is 5.41 Å². The fourth-order valence-corrected chi connectivity index (χ4v) is 5.90. The summed E-state index contributed by atoms with van der Waals surface area (Å²) in [6.45, 7) is 4.63. The van der Waals surface area contributed by atoms with Gasteiger partial charge in [-0.2, -0.15) is 27.0 Å². The molecule has 0 saturated carbocycles. The van der Waals surface area contributed by atoms with E-state index in [0.717, 1.165) is 53.9 Å². The van der Waals surface area contributed by atoms with Gasteiger partial charge in [-0.3, -0.25) is 4.40 Å². The number of halogens is 2. The van der Waals surface area contributed by atoms with E-state index in [4.69, 9.17) is 38.7 Å². The third-order valence-corrected chi connectivity index (χ3v) is 8.40. The Morgan fingerprint density at radius 3 is 2.59 bits per heavy atom. The molecule has 3 aromatic rings. The SMILES string of the molecule is C[C@@H]1OCC2(CCN(c3ncc(Sc4cccc(Cl)c4Cl)c4nccn34)CC2)[C@@H]1N.S.S. The fourth-order valence-electron chi connectivity index (χ4n) is 4.50. The molecule has 11 heteroatoms. The van der Waals surface area contributed by atoms with Crippen LogP contribution in [0.5, 0.6) is 0 Å². The molecular formula is C21H27Cl2N5OS3. The average molecular weight is 533 g/mol. The number of nitrogens with zero attached hydrogens (tertiary/aromatic N) is 4. The summed E-state index contributed by atoms with van der Waals surface area (Å²) in [4.78, 5) is 13.5. The lowest BCUT2D eigenvalue weighted by Crippen LogP contribution is -2.51. The molecule has 2 aliphatic heterocycles. The van der Waals surface area contributed by atoms with Crippen LogP contribution in [0.3, 0.4) is 0 Å². The minimum atomic E-state index is 0. The monoisotopic (exact) mass is 531 g/mol. The van der Waals surface area contributed by atoms with Gasteiger partial charge in [0.1, 0.15) is 0 Å². The van der Waals surface area contributed by atoms with E-state index in [1.54, 1.807) is 12.3 Å². The van der Waals surface area contributed by atoms with Crippen LogP contribution in [-0.4, -0.2) is 46.2 Å². The first-order valence-electron chi connectivity index (χ1n) is 10.0. The maximum absolute atomic E-state index is 6.46. The standard InChI is InChI=1S/C21H23Cl2N5OS.2H2S/c1-13-18(24)21(12-29-13)5-8-27(9-6-21)20-26-11-16(19-25-7-10-28(19)20)30-15-4-2-3-14(22)17(15)23;;/h2-4,7,10-11,13,18H,5-6,8-9,12,24H2,1H3;2*1H2/t13-,18+;;/m0../s1. The van der Waals surface area contributed by atoms with E-state index in [1.807, 2.05) is 28.9 Å². The molecule has 174 valence electrons. The van der Waals surface area contributed by atoms with Crippen molar-refractivity contribution >= 4 is 73.6 Å². The van der Waals surface area contributed by atoms with E-state index in [2.05, 4.69) is 16.8 Å². The lowest BCUT2D eigenvalue weighted by Gasteiger charge is -2.41. The molecule has 2 N–H and O–H groups in total. The van der Waals surface area contributed by atoms with E-state index in [1.165, 1.54) is 11.8 Å². The van der Waals surface area contributed by atoms with Crippen molar-refractivity contribution in [1.29, 1.82) is 0 Å². The van der Waals surface area contributed by atoms with Crippen molar-refractivity contribution in [3.8, 4) is 0 Å². The first-order chi connectivity index (χ1) is 14.5. The molecule has 6 nitrogen and oxygen atoms in total. The normalized spacial score (nSPS) is 22.1. The maximum atomic E-state index is 6.46. The molecular weight excluding hydrogens is 505 g/mol. The molecule has 0 bridgehead atoms. The molecule has 5 rings (SSSR count). The Bertz CT molecular complexity index is 1090. The Balaban J connectivity index is 0.00000144. The van der Waals surface area contributed by atoms with Gasteiger partial charge in [-0.1, -0.05) is 41.0 Å². The average Bonchev–Trinajstić information content (AvgIpc) is 3.35. The van der Waals surface area contributed by atoms with Gasteiger partial charge in [-0.25, -0.2) is 9.97 Å². The van der Waals surface area contributed by atoms with Gasteiger partial charge in [0.05, 0.1) is 27.7 Å². The molecule has 2 aliphatic rings. The number of anilines is 1. The van der Waals surface area contributed by atoms with E-state index >= 15 is 0 Å². The summed E-state index contributed by atoms with van der Waals surface area (Å²) >= 11 is 14.1. The second-order valence-corrected chi connectivity index (χ2v) is 9.96. The number of rotatable bonds is 3. The molecule has 2 fully saturated rings. The molecule has 1 spiro atoms. The summed E-state index contributed by atoms with van der Waals surface area (Å²) in [5, 5.41) is 1.08. The summed E-state index contributed by atoms with van der Waals surface area (Å²) < 4.78 is 7.90. The van der Waals surface area contributed by atoms with E-state index < -0.39 is 0 Å². The molecule has 2 saturated heterocycles. The van der Waals surface area contributed by atoms with Crippen molar-refractivity contribution in [3.05, 3.63) is 46.8 Å². The Morgan fingerprint density at radius 2 is 1.91 bits per heavy atom. The third-order valence-electron chi connectivity index (χ3n) is 6.40. The number of benzene rings is 1. The van der Waals surface area contributed by atoms with Crippen LogP contribution < -0.4 is 10.6 Å². The van der Waals surface area contributed by atoms with Gasteiger partial charge in [0, 0.05) is 48.0 Å². The summed E-state index contributed by atoms with van der Waals surface area (Å²) in [5.41, 5.74) is 7.41. The van der Waals surface area contributed by atoms with Gasteiger partial charge in [-0.15, -0.1) is 0 Å². The zero-order chi connectivity index (χ0) is 20.9. The van der Waals surface area contributed by atoms with E-state index in [-0.39, 0.29) is 44.6 Å². The van der Waals surface area contributed by atoms with Crippen LogP contribution in [0.25, 0.3) is 5.65 Å². The largest absolute Gasteiger partial charge is 0.376 e. The quantitative estimate of drug-likeness (QED) is 0.526. The van der Waals surface area contributed by atoms with Crippen LogP contribution in [-0.2, 0) is 4.74 Å². The van der Waals surface area contributed by atoms with Crippen LogP contribution in [0.2, 0.25) is 10.0 Å². The predicted octanol–water partition coefficient (Wildman–Crippen LogP) is 4.75. The molecule has 2 atom stereocenters. The number of ether oxygens (including phenoxy) is 1. The third kappa shape index (κ3) is 4.45. The Labute approximate surface area is 216 Å². The number of hydrogen-bond donors (Lipinski definition) is 1. The first-order valence-corrected chi connectivity index (χ1v) is 11.6. The first kappa shape index (κ1) is 25.8. The summed E-state index contributed by atoms with van der Waals surface area (Å²) in [6.07, 6.45) is 7.77. The molecule has 2 aromatic heterocycles. The number of imidazole rings is 1. The van der Waals surface area contributed by atoms with E-state index in [9.17, 15) is 0 Å². The van der Waals surface area contributed by atoms with Crippen LogP contribution in [0.1, 0.15) is 19.8 Å². The lowest BCUT2D eigenvalue weighted by molar-refractivity contribution is 0.0973. The highest BCUT2D eigenvalue weighted by molar-refractivity contribution is 7.99. The molecule has 0 radical (unpaired) electrons. The van der Waals surface area contributed by atoms with Crippen molar-refractivity contribution in [1.82, 2.24) is 14.4 Å². The van der Waals surface area contributed by atoms with Crippen molar-refractivity contribution in [2.75, 3.05) is 24.6 Å². The van der Waals surface area contributed by atoms with Crippen molar-refractivity contribution in [2.24, 2.45) is 11.1 Å². The number of nitrogens with two attached hydrogens (primary N) is 1. The van der Waals surface area contributed by atoms with Crippen molar-refractivity contribution < 1.29 is 4.74 Å². The highest BCUT2D eigenvalue weighted by Crippen LogP contribution is 2.42. The highest BCUT2D eigenvalue weighted by atomic mass is 35.5. The Hall–Kier alpha value is -0.810. The summed E-state index contributed by atoms with van der Waals surface area (Å²) in [5.74, 6) is 0.902. The second kappa shape index (κ2) is 10.2. The van der Waals surface area contributed by atoms with Crippen molar-refractivity contribution in [3.63, 3.8) is 0 Å². The second-order valence-electron chi connectivity index (χ2n) is 8.09. The Kier molecular flexibility index (Phi) is 8.24. The highest BCUT2D eigenvalue weighted by Gasteiger charge is 2.47. The van der Waals surface area contributed by atoms with Crippen molar-refractivity contribution in [2.45, 2.75) is 41.7 Å². The summed E-state index contributed by atoms with van der Waals surface area (Å²) in [6, 6.07) is 5.72.